The van der Waals surface area contributed by atoms with E-state index in [0.717, 1.165) is 12.8 Å². The molecule has 1 heterocycles. The molecule has 0 aromatic carbocycles. The summed E-state index contributed by atoms with van der Waals surface area (Å²) in [4.78, 5) is 17.9. The quantitative estimate of drug-likeness (QED) is 0.914. The van der Waals surface area contributed by atoms with E-state index >= 15 is 0 Å². The molecule has 1 saturated carbocycles. The Labute approximate surface area is 114 Å². The van der Waals surface area contributed by atoms with Crippen LogP contribution < -0.4 is 5.32 Å². The molecule has 1 N–H and O–H groups in total. The topological polar surface area (TPSA) is 58.4 Å². The molecule has 0 spiro atoms. The fraction of sp³-hybridized carbons (Fsp3) is 0.714. The lowest BCUT2D eigenvalue weighted by Crippen LogP contribution is -2.45. The van der Waals surface area contributed by atoms with Gasteiger partial charge in [-0.15, -0.1) is 0 Å². The maximum absolute atomic E-state index is 12.1. The van der Waals surface area contributed by atoms with Crippen molar-refractivity contribution in [2.24, 2.45) is 5.92 Å². The largest absolute Gasteiger partial charge is 0.444 e. The second kappa shape index (κ2) is 6.08. The summed E-state index contributed by atoms with van der Waals surface area (Å²) in [6.45, 7) is 4.45. The first kappa shape index (κ1) is 13.9. The van der Waals surface area contributed by atoms with Gasteiger partial charge in [-0.2, -0.15) is 0 Å². The van der Waals surface area contributed by atoms with Gasteiger partial charge in [-0.3, -0.25) is 0 Å². The Morgan fingerprint density at radius 1 is 1.58 bits per heavy atom. The zero-order valence-corrected chi connectivity index (χ0v) is 12.0. The van der Waals surface area contributed by atoms with Crippen LogP contribution in [0.15, 0.2) is 10.6 Å². The number of nitrogens with one attached hydrogen (secondary N) is 1. The first-order chi connectivity index (χ1) is 9.06. The highest BCUT2D eigenvalue weighted by molar-refractivity contribution is 5.74. The normalized spacial score (nSPS) is 23.1. The van der Waals surface area contributed by atoms with Crippen molar-refractivity contribution in [2.45, 2.75) is 52.1 Å². The van der Waals surface area contributed by atoms with E-state index in [2.05, 4.69) is 17.2 Å². The van der Waals surface area contributed by atoms with E-state index in [1.54, 1.807) is 13.1 Å². The number of carbonyl (C=O) groups excluding carboxylic acids is 1. The summed E-state index contributed by atoms with van der Waals surface area (Å²) in [5.74, 6) is 2.03. The van der Waals surface area contributed by atoms with Crippen LogP contribution in [-0.4, -0.2) is 29.0 Å². The summed E-state index contributed by atoms with van der Waals surface area (Å²) in [7, 11) is 1.88. The molecular formula is C14H23N3O2. The molecule has 5 nitrogen and oxygen atoms in total. The molecule has 0 aliphatic heterocycles. The molecule has 106 valence electrons. The maximum atomic E-state index is 12.1. The summed E-state index contributed by atoms with van der Waals surface area (Å²) < 4.78 is 5.33. The summed E-state index contributed by atoms with van der Waals surface area (Å²) in [5, 5.41) is 2.88. The van der Waals surface area contributed by atoms with E-state index < -0.39 is 0 Å². The van der Waals surface area contributed by atoms with Crippen LogP contribution in [0.25, 0.3) is 0 Å². The molecule has 1 aromatic rings. The zero-order valence-electron chi connectivity index (χ0n) is 12.0. The van der Waals surface area contributed by atoms with Gasteiger partial charge in [-0.1, -0.05) is 19.8 Å². The Kier molecular flexibility index (Phi) is 4.45. The highest BCUT2D eigenvalue weighted by Gasteiger charge is 2.25. The zero-order chi connectivity index (χ0) is 13.8. The first-order valence-electron chi connectivity index (χ1n) is 6.98. The molecular weight excluding hydrogens is 242 g/mol. The van der Waals surface area contributed by atoms with Crippen molar-refractivity contribution in [3.05, 3.63) is 17.8 Å². The van der Waals surface area contributed by atoms with Crippen molar-refractivity contribution in [2.75, 3.05) is 7.05 Å². The Bertz CT molecular complexity index is 430. The molecule has 1 fully saturated rings. The fourth-order valence-corrected chi connectivity index (χ4v) is 2.69. The number of hydrogen-bond donors (Lipinski definition) is 1. The SMILES string of the molecule is Cc1ncc(CNC(=O)N(C)C2CCCC(C)C2)o1. The number of oxazole rings is 1. The van der Waals surface area contributed by atoms with Crippen LogP contribution in [0.2, 0.25) is 0 Å². The van der Waals surface area contributed by atoms with Gasteiger partial charge in [0.1, 0.15) is 5.76 Å². The van der Waals surface area contributed by atoms with E-state index in [4.69, 9.17) is 4.42 Å². The van der Waals surface area contributed by atoms with E-state index in [-0.39, 0.29) is 6.03 Å². The van der Waals surface area contributed by atoms with Gasteiger partial charge in [0.2, 0.25) is 0 Å². The predicted molar refractivity (Wildman–Crippen MR) is 72.7 cm³/mol. The standard InChI is InChI=1S/C14H23N3O2/c1-10-5-4-6-12(7-10)17(3)14(18)16-9-13-8-15-11(2)19-13/h8,10,12H,4-7,9H2,1-3H3,(H,16,18). The minimum Gasteiger partial charge on any atom is -0.444 e. The predicted octanol–water partition coefficient (Wildman–Crippen LogP) is 2.70. The van der Waals surface area contributed by atoms with E-state index in [9.17, 15) is 4.79 Å². The fourth-order valence-electron chi connectivity index (χ4n) is 2.69. The molecule has 19 heavy (non-hydrogen) atoms. The molecule has 0 radical (unpaired) electrons. The first-order valence-corrected chi connectivity index (χ1v) is 6.98. The van der Waals surface area contributed by atoms with Gasteiger partial charge in [0, 0.05) is 20.0 Å². The number of rotatable bonds is 3. The highest BCUT2D eigenvalue weighted by Crippen LogP contribution is 2.26. The Hall–Kier alpha value is -1.52. The van der Waals surface area contributed by atoms with Crippen LogP contribution in [0, 0.1) is 12.8 Å². The maximum Gasteiger partial charge on any atom is 0.317 e. The number of aryl methyl sites for hydroxylation is 1. The van der Waals surface area contributed by atoms with Crippen LogP contribution in [0.4, 0.5) is 4.79 Å². The molecule has 2 unspecified atom stereocenters. The third-order valence-corrected chi connectivity index (χ3v) is 3.86. The van der Waals surface area contributed by atoms with Gasteiger partial charge in [0.25, 0.3) is 0 Å². The number of urea groups is 1. The lowest BCUT2D eigenvalue weighted by molar-refractivity contribution is 0.159. The van der Waals surface area contributed by atoms with Crippen molar-refractivity contribution in [3.8, 4) is 0 Å². The van der Waals surface area contributed by atoms with E-state index in [1.807, 2.05) is 11.9 Å². The van der Waals surface area contributed by atoms with Crippen LogP contribution in [0.5, 0.6) is 0 Å². The highest BCUT2D eigenvalue weighted by atomic mass is 16.4. The number of aromatic nitrogens is 1. The third kappa shape index (κ3) is 3.72. The second-order valence-corrected chi connectivity index (χ2v) is 5.54. The van der Waals surface area contributed by atoms with E-state index in [0.29, 0.717) is 30.2 Å². The Morgan fingerprint density at radius 2 is 2.37 bits per heavy atom. The number of amides is 2. The minimum absolute atomic E-state index is 0.0341. The molecule has 2 atom stereocenters. The molecule has 1 aromatic heterocycles. The lowest BCUT2D eigenvalue weighted by Gasteiger charge is -2.34. The molecule has 5 heteroatoms. The average molecular weight is 265 g/mol. The van der Waals surface area contributed by atoms with Gasteiger partial charge in [-0.05, 0) is 18.8 Å². The van der Waals surface area contributed by atoms with Crippen LogP contribution in [-0.2, 0) is 6.54 Å². The third-order valence-electron chi connectivity index (χ3n) is 3.86. The molecule has 2 amide bonds. The number of nitrogens with zero attached hydrogens (tertiary/aromatic N) is 2. The van der Waals surface area contributed by atoms with E-state index in [1.165, 1.54) is 12.8 Å². The van der Waals surface area contributed by atoms with Crippen molar-refractivity contribution < 1.29 is 9.21 Å². The van der Waals surface area contributed by atoms with Crippen molar-refractivity contribution in [1.29, 1.82) is 0 Å². The molecule has 0 bridgehead atoms. The van der Waals surface area contributed by atoms with Crippen LogP contribution in [0.3, 0.4) is 0 Å². The monoisotopic (exact) mass is 265 g/mol. The summed E-state index contributed by atoms with van der Waals surface area (Å²) in [5.41, 5.74) is 0. The number of carbonyl (C=O) groups is 1. The van der Waals surface area contributed by atoms with Crippen LogP contribution >= 0.6 is 0 Å². The van der Waals surface area contributed by atoms with Gasteiger partial charge in [0.15, 0.2) is 5.89 Å². The van der Waals surface area contributed by atoms with Crippen molar-refractivity contribution >= 4 is 6.03 Å². The molecule has 1 aliphatic carbocycles. The van der Waals surface area contributed by atoms with Gasteiger partial charge in [-0.25, -0.2) is 9.78 Å². The summed E-state index contributed by atoms with van der Waals surface area (Å²) in [6, 6.07) is 0.327. The number of hydrogen-bond acceptors (Lipinski definition) is 3. The van der Waals surface area contributed by atoms with Crippen molar-refractivity contribution in [1.82, 2.24) is 15.2 Å². The molecule has 0 saturated heterocycles. The Morgan fingerprint density at radius 3 is 3.00 bits per heavy atom. The Balaban J connectivity index is 1.81. The smallest absolute Gasteiger partial charge is 0.317 e. The molecule has 1 aliphatic rings. The van der Waals surface area contributed by atoms with Gasteiger partial charge < -0.3 is 14.6 Å². The average Bonchev–Trinajstić information content (AvgIpc) is 2.81. The van der Waals surface area contributed by atoms with Crippen molar-refractivity contribution in [3.63, 3.8) is 0 Å². The van der Waals surface area contributed by atoms with Gasteiger partial charge >= 0.3 is 6.03 Å². The van der Waals surface area contributed by atoms with Gasteiger partial charge in [0.05, 0.1) is 12.7 Å². The minimum atomic E-state index is -0.0341. The summed E-state index contributed by atoms with van der Waals surface area (Å²) >= 11 is 0. The second-order valence-electron chi connectivity index (χ2n) is 5.54. The lowest BCUT2D eigenvalue weighted by atomic mass is 9.86. The summed E-state index contributed by atoms with van der Waals surface area (Å²) in [6.07, 6.45) is 6.35. The van der Waals surface area contributed by atoms with Crippen LogP contribution in [0.1, 0.15) is 44.3 Å². The molecule has 2 rings (SSSR count).